The van der Waals surface area contributed by atoms with Crippen LogP contribution >= 0.6 is 0 Å². The lowest BCUT2D eigenvalue weighted by molar-refractivity contribution is 0.0208. The highest BCUT2D eigenvalue weighted by molar-refractivity contribution is 5.36. The minimum atomic E-state index is -0.210. The summed E-state index contributed by atoms with van der Waals surface area (Å²) < 4.78 is 7.95. The smallest absolute Gasteiger partial charge is 0.0991 e. The van der Waals surface area contributed by atoms with Gasteiger partial charge in [-0.05, 0) is 24.1 Å². The summed E-state index contributed by atoms with van der Waals surface area (Å²) in [5.74, 6) is 0. The van der Waals surface area contributed by atoms with Crippen molar-refractivity contribution in [1.29, 1.82) is 5.26 Å². The predicted molar refractivity (Wildman–Crippen MR) is 70.4 cm³/mol. The number of hydrogen-bond donors (Lipinski definition) is 0. The number of aromatic nitrogens is 2. The van der Waals surface area contributed by atoms with Gasteiger partial charge in [0.1, 0.15) is 0 Å². The number of fused-ring (bicyclic) bond motifs is 1. The Bertz CT molecular complexity index is 624. The third-order valence-electron chi connectivity index (χ3n) is 3.90. The maximum Gasteiger partial charge on any atom is 0.0991 e. The van der Waals surface area contributed by atoms with Gasteiger partial charge in [-0.3, -0.25) is 0 Å². The van der Waals surface area contributed by atoms with Crippen molar-refractivity contribution in [2.75, 3.05) is 6.61 Å². The molecule has 0 aliphatic carbocycles. The Labute approximate surface area is 112 Å². The second kappa shape index (κ2) is 4.52. The van der Waals surface area contributed by atoms with Crippen molar-refractivity contribution in [3.8, 4) is 6.07 Å². The molecule has 2 heterocycles. The van der Waals surface area contributed by atoms with E-state index in [1.165, 1.54) is 0 Å². The molecule has 0 N–H and O–H groups in total. The minimum Gasteiger partial charge on any atom is -0.372 e. The van der Waals surface area contributed by atoms with E-state index in [4.69, 9.17) is 10.00 Å². The molecule has 1 aromatic heterocycles. The van der Waals surface area contributed by atoms with Gasteiger partial charge in [-0.15, -0.1) is 0 Å². The van der Waals surface area contributed by atoms with Crippen LogP contribution in [0.4, 0.5) is 0 Å². The van der Waals surface area contributed by atoms with E-state index in [-0.39, 0.29) is 5.54 Å². The molecule has 4 heteroatoms. The molecule has 0 bridgehead atoms. The molecule has 1 aliphatic rings. The summed E-state index contributed by atoms with van der Waals surface area (Å²) in [7, 11) is 0. The second-order valence-electron chi connectivity index (χ2n) is 4.82. The van der Waals surface area contributed by atoms with Crippen LogP contribution in [0.2, 0.25) is 0 Å². The van der Waals surface area contributed by atoms with E-state index in [1.54, 1.807) is 0 Å². The van der Waals surface area contributed by atoms with Crippen LogP contribution in [0.5, 0.6) is 0 Å². The molecule has 0 amide bonds. The van der Waals surface area contributed by atoms with E-state index in [2.05, 4.69) is 22.5 Å². The fourth-order valence-corrected chi connectivity index (χ4v) is 2.76. The Hall–Kier alpha value is -2.12. The Balaban J connectivity index is 2.12. The van der Waals surface area contributed by atoms with Gasteiger partial charge in [-0.2, -0.15) is 5.26 Å². The van der Waals surface area contributed by atoms with E-state index in [0.717, 1.165) is 17.7 Å². The molecule has 1 unspecified atom stereocenters. The zero-order valence-corrected chi connectivity index (χ0v) is 10.8. The average Bonchev–Trinajstić information content (AvgIpc) is 2.96. The van der Waals surface area contributed by atoms with Crippen molar-refractivity contribution in [2.45, 2.75) is 25.5 Å². The number of hydrogen-bond acceptors (Lipinski definition) is 3. The molecule has 2 aromatic rings. The highest BCUT2D eigenvalue weighted by atomic mass is 16.5. The molecule has 19 heavy (non-hydrogen) atoms. The number of imidazole rings is 1. The lowest BCUT2D eigenvalue weighted by atomic mass is 9.86. The lowest BCUT2D eigenvalue weighted by Gasteiger charge is -2.39. The topological polar surface area (TPSA) is 50.8 Å². The van der Waals surface area contributed by atoms with Gasteiger partial charge in [-0.1, -0.05) is 19.1 Å². The molecule has 0 saturated carbocycles. The molecule has 4 nitrogen and oxygen atoms in total. The molecule has 0 radical (unpaired) electrons. The lowest BCUT2D eigenvalue weighted by Crippen LogP contribution is -2.43. The van der Waals surface area contributed by atoms with Crippen molar-refractivity contribution < 1.29 is 4.74 Å². The molecular weight excluding hydrogens is 238 g/mol. The van der Waals surface area contributed by atoms with Gasteiger partial charge in [0.2, 0.25) is 0 Å². The molecular formula is C15H15N3O. The third kappa shape index (κ3) is 1.74. The first-order valence-electron chi connectivity index (χ1n) is 6.40. The first-order chi connectivity index (χ1) is 9.30. The SMILES string of the molecule is CCC1(c2ccc(C#N)cc2)COCc2cncn21. The molecule has 0 saturated heterocycles. The van der Waals surface area contributed by atoms with Gasteiger partial charge < -0.3 is 9.30 Å². The van der Waals surface area contributed by atoms with Crippen molar-refractivity contribution in [3.05, 3.63) is 53.6 Å². The van der Waals surface area contributed by atoms with Gasteiger partial charge in [0.25, 0.3) is 0 Å². The van der Waals surface area contributed by atoms with Crippen molar-refractivity contribution in [3.63, 3.8) is 0 Å². The first kappa shape index (κ1) is 11.9. The minimum absolute atomic E-state index is 0.210. The Morgan fingerprint density at radius 1 is 1.42 bits per heavy atom. The molecule has 1 aliphatic heterocycles. The average molecular weight is 253 g/mol. The van der Waals surface area contributed by atoms with Gasteiger partial charge in [0.15, 0.2) is 0 Å². The zero-order valence-electron chi connectivity index (χ0n) is 10.8. The molecule has 96 valence electrons. The van der Waals surface area contributed by atoms with Gasteiger partial charge in [0, 0.05) is 0 Å². The normalized spacial score (nSPS) is 21.7. The largest absolute Gasteiger partial charge is 0.372 e. The standard InChI is InChI=1S/C15H15N3O/c1-2-15(13-5-3-12(7-16)4-6-13)10-19-9-14-8-17-11-18(14)15/h3-6,8,11H,2,9-10H2,1H3. The van der Waals surface area contributed by atoms with E-state index >= 15 is 0 Å². The summed E-state index contributed by atoms with van der Waals surface area (Å²) in [4.78, 5) is 4.24. The monoisotopic (exact) mass is 253 g/mol. The summed E-state index contributed by atoms with van der Waals surface area (Å²) in [6, 6.07) is 9.90. The molecule has 0 fully saturated rings. The summed E-state index contributed by atoms with van der Waals surface area (Å²) in [6.07, 6.45) is 4.65. The van der Waals surface area contributed by atoms with Crippen LogP contribution in [-0.2, 0) is 16.9 Å². The molecule has 1 atom stereocenters. The second-order valence-corrected chi connectivity index (χ2v) is 4.82. The first-order valence-corrected chi connectivity index (χ1v) is 6.40. The number of benzene rings is 1. The van der Waals surface area contributed by atoms with Crippen molar-refractivity contribution >= 4 is 0 Å². The maximum atomic E-state index is 8.90. The quantitative estimate of drug-likeness (QED) is 0.826. The maximum absolute atomic E-state index is 8.90. The number of rotatable bonds is 2. The highest BCUT2D eigenvalue weighted by Gasteiger charge is 2.37. The predicted octanol–water partition coefficient (Wildman–Crippen LogP) is 2.44. The van der Waals surface area contributed by atoms with Crippen LogP contribution in [0.3, 0.4) is 0 Å². The van der Waals surface area contributed by atoms with Crippen LogP contribution in [0.1, 0.15) is 30.2 Å². The van der Waals surface area contributed by atoms with Gasteiger partial charge >= 0.3 is 0 Å². The van der Waals surface area contributed by atoms with Crippen LogP contribution in [0.15, 0.2) is 36.8 Å². The van der Waals surface area contributed by atoms with Crippen LogP contribution in [-0.4, -0.2) is 16.2 Å². The van der Waals surface area contributed by atoms with Crippen LogP contribution in [0, 0.1) is 11.3 Å². The van der Waals surface area contributed by atoms with Crippen molar-refractivity contribution in [2.24, 2.45) is 0 Å². The van der Waals surface area contributed by atoms with Gasteiger partial charge in [-0.25, -0.2) is 4.98 Å². The molecule has 1 aromatic carbocycles. The third-order valence-corrected chi connectivity index (χ3v) is 3.90. The Morgan fingerprint density at radius 3 is 2.89 bits per heavy atom. The molecule has 3 rings (SSSR count). The zero-order chi connectivity index (χ0) is 13.3. The Kier molecular flexibility index (Phi) is 2.84. The van der Waals surface area contributed by atoms with Crippen molar-refractivity contribution in [1.82, 2.24) is 9.55 Å². The number of nitriles is 1. The van der Waals surface area contributed by atoms with Crippen LogP contribution in [0.25, 0.3) is 0 Å². The Morgan fingerprint density at radius 2 is 2.21 bits per heavy atom. The fourth-order valence-electron chi connectivity index (χ4n) is 2.76. The number of ether oxygens (including phenoxy) is 1. The summed E-state index contributed by atoms with van der Waals surface area (Å²) in [5, 5.41) is 8.90. The van der Waals surface area contributed by atoms with Gasteiger partial charge in [0.05, 0.1) is 48.6 Å². The van der Waals surface area contributed by atoms with Crippen LogP contribution < -0.4 is 0 Å². The number of nitrogens with zero attached hydrogens (tertiary/aromatic N) is 3. The van der Waals surface area contributed by atoms with E-state index in [1.807, 2.05) is 36.8 Å². The molecule has 0 spiro atoms. The van der Waals surface area contributed by atoms with E-state index < -0.39 is 0 Å². The highest BCUT2D eigenvalue weighted by Crippen LogP contribution is 2.35. The summed E-state index contributed by atoms with van der Waals surface area (Å²) >= 11 is 0. The van der Waals surface area contributed by atoms with E-state index in [9.17, 15) is 0 Å². The summed E-state index contributed by atoms with van der Waals surface area (Å²) in [5.41, 5.74) is 2.72. The summed E-state index contributed by atoms with van der Waals surface area (Å²) in [6.45, 7) is 3.40. The fraction of sp³-hybridized carbons (Fsp3) is 0.333. The van der Waals surface area contributed by atoms with E-state index in [0.29, 0.717) is 18.8 Å².